The van der Waals surface area contributed by atoms with Crippen molar-refractivity contribution in [2.24, 2.45) is 7.05 Å². The first-order valence-corrected chi connectivity index (χ1v) is 11.2. The molecule has 1 aromatic heterocycles. The number of nitrogens with zero attached hydrogens (tertiary/aromatic N) is 2. The second-order valence-electron chi connectivity index (χ2n) is 6.91. The minimum Gasteiger partial charge on any atom is -0.464 e. The lowest BCUT2D eigenvalue weighted by atomic mass is 10.2. The second kappa shape index (κ2) is 8.29. The molecule has 1 fully saturated rings. The largest absolute Gasteiger partial charge is 0.464 e. The van der Waals surface area contributed by atoms with Crippen LogP contribution in [0.2, 0.25) is 0 Å². The van der Waals surface area contributed by atoms with Gasteiger partial charge in [-0.3, -0.25) is 4.79 Å². The molecule has 1 saturated heterocycles. The summed E-state index contributed by atoms with van der Waals surface area (Å²) < 4.78 is 34.3. The van der Waals surface area contributed by atoms with E-state index in [1.54, 1.807) is 13.1 Å². The molecular weight excluding hydrogens is 462 g/mol. The lowest BCUT2D eigenvalue weighted by molar-refractivity contribution is -0.119. The lowest BCUT2D eigenvalue weighted by Gasteiger charge is -2.23. The number of methoxy groups -OCH3 is 1. The number of anilines is 1. The van der Waals surface area contributed by atoms with E-state index in [1.165, 1.54) is 28.2 Å². The van der Waals surface area contributed by atoms with Crippen LogP contribution in [0.15, 0.2) is 39.8 Å². The van der Waals surface area contributed by atoms with E-state index in [0.29, 0.717) is 18.5 Å². The summed E-state index contributed by atoms with van der Waals surface area (Å²) in [5.74, 6) is -1.02. The van der Waals surface area contributed by atoms with Crippen molar-refractivity contribution in [1.29, 1.82) is 0 Å². The zero-order valence-corrected chi connectivity index (χ0v) is 18.7. The van der Waals surface area contributed by atoms with E-state index in [2.05, 4.69) is 26.0 Å². The maximum absolute atomic E-state index is 13.2. The predicted octanol–water partition coefficient (Wildman–Crippen LogP) is 2.67. The van der Waals surface area contributed by atoms with Crippen LogP contribution in [-0.4, -0.2) is 48.9 Å². The van der Waals surface area contributed by atoms with Crippen LogP contribution in [0.1, 0.15) is 28.9 Å². The molecule has 2 heterocycles. The normalized spacial score (nSPS) is 17.3. The van der Waals surface area contributed by atoms with Gasteiger partial charge in [-0.05, 0) is 59.5 Å². The van der Waals surface area contributed by atoms with Gasteiger partial charge in [0, 0.05) is 24.3 Å². The highest BCUT2D eigenvalue weighted by molar-refractivity contribution is 9.10. The summed E-state index contributed by atoms with van der Waals surface area (Å²) in [5, 5.41) is 2.81. The zero-order chi connectivity index (χ0) is 21.3. The van der Waals surface area contributed by atoms with Gasteiger partial charge in [0.1, 0.15) is 16.6 Å². The van der Waals surface area contributed by atoms with E-state index in [1.807, 2.05) is 19.1 Å². The van der Waals surface area contributed by atoms with Crippen LogP contribution in [0.4, 0.5) is 5.69 Å². The quantitative estimate of drug-likeness (QED) is 0.659. The molecule has 1 aliphatic heterocycles. The number of carbonyl (C=O) groups excluding carboxylic acids is 2. The van der Waals surface area contributed by atoms with Crippen molar-refractivity contribution in [3.63, 3.8) is 0 Å². The molecule has 1 aromatic carbocycles. The Balaban J connectivity index is 1.85. The number of hydrogen-bond acceptors (Lipinski definition) is 5. The maximum atomic E-state index is 13.2. The van der Waals surface area contributed by atoms with E-state index in [0.717, 1.165) is 10.0 Å². The van der Waals surface area contributed by atoms with E-state index in [4.69, 9.17) is 0 Å². The van der Waals surface area contributed by atoms with Gasteiger partial charge in [0.05, 0.1) is 12.8 Å². The van der Waals surface area contributed by atoms with Crippen LogP contribution < -0.4 is 5.32 Å². The van der Waals surface area contributed by atoms with Crippen LogP contribution >= 0.6 is 15.9 Å². The Morgan fingerprint density at radius 1 is 1.28 bits per heavy atom. The van der Waals surface area contributed by atoms with Crippen LogP contribution in [0.5, 0.6) is 0 Å². The number of nitrogens with one attached hydrogen (secondary N) is 1. The number of amides is 1. The molecule has 0 spiro atoms. The molecule has 0 aliphatic carbocycles. The van der Waals surface area contributed by atoms with Gasteiger partial charge in [-0.2, -0.15) is 4.31 Å². The van der Waals surface area contributed by atoms with Crippen molar-refractivity contribution in [3.05, 3.63) is 46.2 Å². The van der Waals surface area contributed by atoms with Crippen LogP contribution in [0.25, 0.3) is 0 Å². The Labute approximate surface area is 178 Å². The summed E-state index contributed by atoms with van der Waals surface area (Å²) in [6.45, 7) is 2.17. The molecule has 0 radical (unpaired) electrons. The first-order chi connectivity index (χ1) is 13.6. The number of carbonyl (C=O) groups is 2. The van der Waals surface area contributed by atoms with Gasteiger partial charge in [0.25, 0.3) is 0 Å². The molecule has 156 valence electrons. The fraction of sp³-hybridized carbons (Fsp3) is 0.368. The highest BCUT2D eigenvalue weighted by atomic mass is 79.9. The van der Waals surface area contributed by atoms with Crippen molar-refractivity contribution in [3.8, 4) is 0 Å². The number of aromatic nitrogens is 1. The summed E-state index contributed by atoms with van der Waals surface area (Å²) in [6, 6.07) is 5.95. The van der Waals surface area contributed by atoms with E-state index in [-0.39, 0.29) is 23.0 Å². The molecule has 1 atom stereocenters. The average molecular weight is 484 g/mol. The fourth-order valence-corrected chi connectivity index (χ4v) is 5.67. The number of hydrogen-bond donors (Lipinski definition) is 1. The van der Waals surface area contributed by atoms with Crippen molar-refractivity contribution in [1.82, 2.24) is 8.87 Å². The van der Waals surface area contributed by atoms with Gasteiger partial charge in [-0.1, -0.05) is 6.07 Å². The van der Waals surface area contributed by atoms with E-state index in [9.17, 15) is 18.0 Å². The monoisotopic (exact) mass is 483 g/mol. The van der Waals surface area contributed by atoms with Crippen LogP contribution in [0, 0.1) is 6.92 Å². The second-order valence-corrected chi connectivity index (χ2v) is 9.65. The van der Waals surface area contributed by atoms with E-state index >= 15 is 0 Å². The number of sulfonamides is 1. The predicted molar refractivity (Wildman–Crippen MR) is 111 cm³/mol. The Morgan fingerprint density at radius 3 is 2.66 bits per heavy atom. The molecule has 0 saturated carbocycles. The third-order valence-electron chi connectivity index (χ3n) is 4.87. The third kappa shape index (κ3) is 4.24. The SMILES string of the molecule is COC(=O)c1cc(S(=O)(=O)N2CCCC2C(=O)Nc2ccc(C)cc2Br)cn1C. The Bertz CT molecular complexity index is 1060. The van der Waals surface area contributed by atoms with Gasteiger partial charge in [-0.15, -0.1) is 0 Å². The van der Waals surface area contributed by atoms with Crippen LogP contribution in [-0.2, 0) is 26.6 Å². The lowest BCUT2D eigenvalue weighted by Crippen LogP contribution is -2.43. The summed E-state index contributed by atoms with van der Waals surface area (Å²) in [7, 11) is -1.16. The fourth-order valence-electron chi connectivity index (χ4n) is 3.35. The first-order valence-electron chi connectivity index (χ1n) is 8.98. The standard InChI is InChI=1S/C19H22BrN3O5S/c1-12-6-7-15(14(20)9-12)21-18(24)16-5-4-8-23(16)29(26,27)13-10-17(19(25)28-3)22(2)11-13/h6-7,9-11,16H,4-5,8H2,1-3H3,(H,21,24). The molecule has 10 heteroatoms. The number of benzene rings is 1. The Morgan fingerprint density at radius 2 is 2.00 bits per heavy atom. The summed E-state index contributed by atoms with van der Waals surface area (Å²) in [4.78, 5) is 24.6. The van der Waals surface area contributed by atoms with Crippen molar-refractivity contribution < 1.29 is 22.7 Å². The van der Waals surface area contributed by atoms with Gasteiger partial charge in [0.15, 0.2) is 0 Å². The summed E-state index contributed by atoms with van der Waals surface area (Å²) >= 11 is 3.41. The first kappa shape index (κ1) is 21.5. The minimum atomic E-state index is -3.95. The number of ether oxygens (including phenoxy) is 1. The molecule has 1 aliphatic rings. The Kier molecular flexibility index (Phi) is 6.16. The summed E-state index contributed by atoms with van der Waals surface area (Å²) in [5.41, 5.74) is 1.73. The van der Waals surface area contributed by atoms with Gasteiger partial charge in [0.2, 0.25) is 15.9 Å². The van der Waals surface area contributed by atoms with Crippen molar-refractivity contribution in [2.75, 3.05) is 19.0 Å². The molecule has 0 bridgehead atoms. The minimum absolute atomic E-state index is 0.0448. The molecule has 8 nitrogen and oxygen atoms in total. The van der Waals surface area contributed by atoms with E-state index < -0.39 is 22.0 Å². The molecule has 29 heavy (non-hydrogen) atoms. The van der Waals surface area contributed by atoms with Gasteiger partial charge >= 0.3 is 5.97 Å². The number of esters is 1. The number of aryl methyl sites for hydroxylation is 2. The van der Waals surface area contributed by atoms with Crippen LogP contribution in [0.3, 0.4) is 0 Å². The highest BCUT2D eigenvalue weighted by Gasteiger charge is 2.40. The zero-order valence-electron chi connectivity index (χ0n) is 16.3. The molecular formula is C19H22BrN3O5S. The highest BCUT2D eigenvalue weighted by Crippen LogP contribution is 2.29. The number of halogens is 1. The smallest absolute Gasteiger partial charge is 0.354 e. The maximum Gasteiger partial charge on any atom is 0.354 e. The molecule has 1 N–H and O–H groups in total. The number of rotatable bonds is 5. The third-order valence-corrected chi connectivity index (χ3v) is 7.40. The molecule has 1 amide bonds. The molecule has 2 aromatic rings. The van der Waals surface area contributed by atoms with Gasteiger partial charge < -0.3 is 14.6 Å². The van der Waals surface area contributed by atoms with Crippen molar-refractivity contribution >= 4 is 43.5 Å². The topological polar surface area (TPSA) is 97.7 Å². The van der Waals surface area contributed by atoms with Gasteiger partial charge in [-0.25, -0.2) is 13.2 Å². The Hall–Kier alpha value is -2.17. The average Bonchev–Trinajstić information content (AvgIpc) is 3.31. The molecule has 3 rings (SSSR count). The summed E-state index contributed by atoms with van der Waals surface area (Å²) in [6.07, 6.45) is 2.35. The van der Waals surface area contributed by atoms with Crippen molar-refractivity contribution in [2.45, 2.75) is 30.7 Å². The molecule has 1 unspecified atom stereocenters.